The first-order chi connectivity index (χ1) is 20.5. The lowest BCUT2D eigenvalue weighted by Gasteiger charge is -2.39. The van der Waals surface area contributed by atoms with Crippen molar-refractivity contribution >= 4 is 35.6 Å². The molecular weight excluding hydrogens is 566 g/mol. The molecule has 1 unspecified atom stereocenters. The summed E-state index contributed by atoms with van der Waals surface area (Å²) in [6, 6.07) is -4.24. The third-order valence-electron chi connectivity index (χ3n) is 7.66. The van der Waals surface area contributed by atoms with Crippen LogP contribution in [0.4, 0.5) is 9.59 Å². The summed E-state index contributed by atoms with van der Waals surface area (Å²) < 4.78 is 0. The van der Waals surface area contributed by atoms with Crippen LogP contribution in [0.3, 0.4) is 0 Å². The third kappa shape index (κ3) is 10.1. The summed E-state index contributed by atoms with van der Waals surface area (Å²) in [5.41, 5.74) is -1.13. The molecular formula is C31H51N7O6. The molecule has 1 fully saturated rings. The van der Waals surface area contributed by atoms with Crippen LogP contribution in [-0.2, 0) is 19.2 Å². The highest BCUT2D eigenvalue weighted by Gasteiger charge is 2.42. The Morgan fingerprint density at radius 3 is 2.32 bits per heavy atom. The smallest absolute Gasteiger partial charge is 0.317 e. The van der Waals surface area contributed by atoms with Gasteiger partial charge in [-0.3, -0.25) is 19.2 Å². The SMILES string of the molecule is C=CCNC(=O)C(=O)C(CCC)NC(=O)[C@@H]1C=CCN1C(=O)[C@@H](NC(=O)N[C@H](CN1CCCNC1=O)C(C)(C)C)C(C)(C)C. The zero-order valence-electron chi connectivity index (χ0n) is 27.2. The molecule has 44 heavy (non-hydrogen) atoms. The van der Waals surface area contributed by atoms with Crippen molar-refractivity contribution in [2.45, 2.75) is 91.9 Å². The van der Waals surface area contributed by atoms with Gasteiger partial charge in [-0.25, -0.2) is 9.59 Å². The second-order valence-electron chi connectivity index (χ2n) is 13.4. The van der Waals surface area contributed by atoms with E-state index in [1.807, 2.05) is 48.5 Å². The largest absolute Gasteiger partial charge is 0.346 e. The Bertz CT molecular complexity index is 1120. The average Bonchev–Trinajstić information content (AvgIpc) is 3.43. The minimum Gasteiger partial charge on any atom is -0.346 e. The molecule has 4 atom stereocenters. The molecule has 0 aromatic rings. The van der Waals surface area contributed by atoms with Crippen LogP contribution in [-0.4, -0.2) is 102 Å². The first-order valence-corrected chi connectivity index (χ1v) is 15.3. The maximum absolute atomic E-state index is 13.9. The number of nitrogens with one attached hydrogen (secondary N) is 5. The van der Waals surface area contributed by atoms with E-state index in [1.165, 1.54) is 11.0 Å². The van der Waals surface area contributed by atoms with Crippen LogP contribution in [0.15, 0.2) is 24.8 Å². The second-order valence-corrected chi connectivity index (χ2v) is 13.4. The Hall–Kier alpha value is -3.90. The van der Waals surface area contributed by atoms with Crippen LogP contribution in [0, 0.1) is 10.8 Å². The molecule has 2 aliphatic heterocycles. The van der Waals surface area contributed by atoms with Gasteiger partial charge in [0.1, 0.15) is 12.1 Å². The van der Waals surface area contributed by atoms with E-state index in [2.05, 4.69) is 33.2 Å². The van der Waals surface area contributed by atoms with Gasteiger partial charge >= 0.3 is 12.1 Å². The lowest BCUT2D eigenvalue weighted by atomic mass is 9.85. The molecule has 246 valence electrons. The summed E-state index contributed by atoms with van der Waals surface area (Å²) in [6.45, 7) is 18.4. The van der Waals surface area contributed by atoms with E-state index in [0.29, 0.717) is 26.1 Å². The van der Waals surface area contributed by atoms with E-state index >= 15 is 0 Å². The number of Topliss-reactive ketones (excluding diaryl/α,β-unsaturated/α-hetero) is 1. The summed E-state index contributed by atoms with van der Waals surface area (Å²) in [6.07, 6.45) is 6.28. The molecule has 0 radical (unpaired) electrons. The zero-order chi connectivity index (χ0) is 33.2. The molecule has 0 aromatic carbocycles. The van der Waals surface area contributed by atoms with E-state index in [0.717, 1.165) is 6.42 Å². The van der Waals surface area contributed by atoms with Crippen LogP contribution in [0.25, 0.3) is 0 Å². The third-order valence-corrected chi connectivity index (χ3v) is 7.66. The average molecular weight is 618 g/mol. The van der Waals surface area contributed by atoms with Gasteiger partial charge in [0.25, 0.3) is 5.91 Å². The number of amides is 7. The number of carbonyl (C=O) groups excluding carboxylic acids is 6. The number of rotatable bonds is 13. The first-order valence-electron chi connectivity index (χ1n) is 15.3. The number of hydrogen-bond acceptors (Lipinski definition) is 6. The van der Waals surface area contributed by atoms with Gasteiger partial charge in [0.05, 0.1) is 12.1 Å². The Kier molecular flexibility index (Phi) is 13.0. The normalized spacial score (nSPS) is 18.9. The lowest BCUT2D eigenvalue weighted by molar-refractivity contribution is -0.143. The number of nitrogens with zero attached hydrogens (tertiary/aromatic N) is 2. The van der Waals surface area contributed by atoms with Gasteiger partial charge in [-0.1, -0.05) is 73.1 Å². The van der Waals surface area contributed by atoms with Crippen molar-refractivity contribution in [3.05, 3.63) is 24.8 Å². The first kappa shape index (κ1) is 36.3. The van der Waals surface area contributed by atoms with Gasteiger partial charge < -0.3 is 36.4 Å². The topological polar surface area (TPSA) is 169 Å². The van der Waals surface area contributed by atoms with E-state index in [4.69, 9.17) is 0 Å². The van der Waals surface area contributed by atoms with Crippen molar-refractivity contribution in [1.29, 1.82) is 0 Å². The molecule has 0 saturated carbocycles. The van der Waals surface area contributed by atoms with Crippen molar-refractivity contribution in [2.24, 2.45) is 10.8 Å². The summed E-state index contributed by atoms with van der Waals surface area (Å²) in [4.78, 5) is 81.0. The molecule has 5 N–H and O–H groups in total. The highest BCUT2D eigenvalue weighted by molar-refractivity contribution is 6.38. The highest BCUT2D eigenvalue weighted by atomic mass is 16.2. The number of hydrogen-bond donors (Lipinski definition) is 5. The van der Waals surface area contributed by atoms with Gasteiger partial charge in [0.2, 0.25) is 17.6 Å². The maximum atomic E-state index is 13.9. The number of ketones is 1. The van der Waals surface area contributed by atoms with Crippen LogP contribution in [0.2, 0.25) is 0 Å². The minimum atomic E-state index is -1.05. The van der Waals surface area contributed by atoms with Gasteiger partial charge in [-0.15, -0.1) is 6.58 Å². The van der Waals surface area contributed by atoms with E-state index in [1.54, 1.807) is 17.1 Å². The molecule has 13 nitrogen and oxygen atoms in total. The summed E-state index contributed by atoms with van der Waals surface area (Å²) >= 11 is 0. The second kappa shape index (κ2) is 15.7. The molecule has 0 aliphatic carbocycles. The molecule has 0 aromatic heterocycles. The Morgan fingerprint density at radius 2 is 1.75 bits per heavy atom. The van der Waals surface area contributed by atoms with Gasteiger partial charge in [0, 0.05) is 32.7 Å². The quantitative estimate of drug-likeness (QED) is 0.155. The van der Waals surface area contributed by atoms with Crippen molar-refractivity contribution in [3.8, 4) is 0 Å². The highest BCUT2D eigenvalue weighted by Crippen LogP contribution is 2.25. The fourth-order valence-corrected chi connectivity index (χ4v) is 4.96. The number of urea groups is 2. The fraction of sp³-hybridized carbons (Fsp3) is 0.677. The maximum Gasteiger partial charge on any atom is 0.317 e. The van der Waals surface area contributed by atoms with Crippen molar-refractivity contribution in [1.82, 2.24) is 36.4 Å². The van der Waals surface area contributed by atoms with Crippen LogP contribution < -0.4 is 26.6 Å². The fourth-order valence-electron chi connectivity index (χ4n) is 4.96. The number of carbonyl (C=O) groups is 6. The van der Waals surface area contributed by atoms with E-state index in [-0.39, 0.29) is 25.5 Å². The van der Waals surface area contributed by atoms with Crippen molar-refractivity contribution in [3.63, 3.8) is 0 Å². The van der Waals surface area contributed by atoms with Gasteiger partial charge in [0.15, 0.2) is 0 Å². The molecule has 7 amide bonds. The summed E-state index contributed by atoms with van der Waals surface area (Å²) in [5.74, 6) is -2.66. The lowest BCUT2D eigenvalue weighted by Crippen LogP contribution is -2.62. The van der Waals surface area contributed by atoms with E-state index < -0.39 is 64.5 Å². The van der Waals surface area contributed by atoms with Gasteiger partial charge in [-0.2, -0.15) is 0 Å². The Morgan fingerprint density at radius 1 is 1.07 bits per heavy atom. The molecule has 2 heterocycles. The van der Waals surface area contributed by atoms with Crippen LogP contribution >= 0.6 is 0 Å². The van der Waals surface area contributed by atoms with Crippen LogP contribution in [0.5, 0.6) is 0 Å². The standard InChI is InChI=1S/C31H51N7O6/c1-9-13-20(23(39)26(41)32-15-10-2)34-25(40)21-14-11-18-38(21)27(42)24(31(6,7)8)36-28(43)35-22(30(3,4)5)19-37-17-12-16-33-29(37)44/h10-11,14,20-22,24H,2,9,12-13,15-19H2,1,3-8H3,(H,32,41)(H,33,44)(H,34,40)(H2,35,36,43)/t20?,21-,22+,24+/m0/s1. The molecule has 1 saturated heterocycles. The molecule has 0 bridgehead atoms. The Labute approximate surface area is 261 Å². The molecule has 2 rings (SSSR count). The zero-order valence-corrected chi connectivity index (χ0v) is 27.2. The molecule has 2 aliphatic rings. The van der Waals surface area contributed by atoms with E-state index in [9.17, 15) is 28.8 Å². The molecule has 0 spiro atoms. The van der Waals surface area contributed by atoms with Crippen molar-refractivity contribution < 1.29 is 28.8 Å². The monoisotopic (exact) mass is 617 g/mol. The predicted octanol–water partition coefficient (Wildman–Crippen LogP) is 1.45. The molecule has 13 heteroatoms. The van der Waals surface area contributed by atoms with Crippen LogP contribution in [0.1, 0.15) is 67.7 Å². The Balaban J connectivity index is 2.17. The summed E-state index contributed by atoms with van der Waals surface area (Å²) in [5, 5.41) is 13.7. The minimum absolute atomic E-state index is 0.115. The van der Waals surface area contributed by atoms with Crippen molar-refractivity contribution in [2.75, 3.05) is 32.7 Å². The van der Waals surface area contributed by atoms with Gasteiger partial charge in [-0.05, 0) is 23.7 Å². The summed E-state index contributed by atoms with van der Waals surface area (Å²) in [7, 11) is 0. The predicted molar refractivity (Wildman–Crippen MR) is 167 cm³/mol.